The van der Waals surface area contributed by atoms with E-state index in [1.807, 2.05) is 0 Å². The van der Waals surface area contributed by atoms with Crippen molar-refractivity contribution in [3.05, 3.63) is 0 Å². The van der Waals surface area contributed by atoms with Gasteiger partial charge in [0.1, 0.15) is 0 Å². The minimum atomic E-state index is -1.22. The first kappa shape index (κ1) is 30.4. The summed E-state index contributed by atoms with van der Waals surface area (Å²) in [5.74, 6) is -3.35. The molecule has 0 heterocycles. The van der Waals surface area contributed by atoms with E-state index in [-0.39, 0.29) is 48.7 Å². The summed E-state index contributed by atoms with van der Waals surface area (Å²) in [7, 11) is 0. The Morgan fingerprint density at radius 3 is 1.22 bits per heavy atom. The van der Waals surface area contributed by atoms with Crippen LogP contribution in [-0.4, -0.2) is 60.1 Å². The molecule has 0 unspecified atom stereocenters. The minimum Gasteiger partial charge on any atom is -0.550 e. The van der Waals surface area contributed by atoms with E-state index in [0.717, 1.165) is 38.5 Å². The van der Waals surface area contributed by atoms with Gasteiger partial charge in [0.05, 0.1) is 26.1 Å². The van der Waals surface area contributed by atoms with Gasteiger partial charge in [0.15, 0.2) is 0 Å². The molecule has 0 radical (unpaired) electrons. The average molecular weight is 399 g/mol. The van der Waals surface area contributed by atoms with Crippen LogP contribution in [0.3, 0.4) is 0 Å². The topological polar surface area (TPSA) is 133 Å². The van der Waals surface area contributed by atoms with Gasteiger partial charge in [0.2, 0.25) is 0 Å². The van der Waals surface area contributed by atoms with Gasteiger partial charge in [0, 0.05) is 11.9 Å². The molecule has 0 spiro atoms. The third kappa shape index (κ3) is 29.7. The van der Waals surface area contributed by atoms with E-state index < -0.39 is 23.9 Å². The Morgan fingerprint density at radius 2 is 0.963 bits per heavy atom. The van der Waals surface area contributed by atoms with Crippen LogP contribution in [0.15, 0.2) is 0 Å². The fraction of sp³-hybridized carbons (Fsp3) is 0.778. The van der Waals surface area contributed by atoms with E-state index in [1.54, 1.807) is 0 Å². The number of esters is 2. The normalized spacial score (nSPS) is 9.26. The third-order valence-electron chi connectivity index (χ3n) is 3.09. The van der Waals surface area contributed by atoms with Crippen LogP contribution < -0.4 is 10.2 Å². The number of aliphatic carboxylic acids is 2. The van der Waals surface area contributed by atoms with Crippen molar-refractivity contribution in [1.82, 2.24) is 0 Å². The second-order valence-corrected chi connectivity index (χ2v) is 5.60. The Hall–Kier alpha value is -1.35. The fourth-order valence-electron chi connectivity index (χ4n) is 1.63. The van der Waals surface area contributed by atoms with E-state index >= 15 is 0 Å². The first-order valence-corrected chi connectivity index (χ1v) is 9.04. The predicted octanol–water partition coefficient (Wildman–Crippen LogP) is 0.119. The Morgan fingerprint density at radius 1 is 0.630 bits per heavy atom. The summed E-state index contributed by atoms with van der Waals surface area (Å²) in [4.78, 5) is 41.5. The van der Waals surface area contributed by atoms with E-state index in [1.165, 1.54) is 0 Å². The molecule has 0 amide bonds. The Bertz CT molecular complexity index is 374. The van der Waals surface area contributed by atoms with Crippen molar-refractivity contribution in [2.24, 2.45) is 0 Å². The number of rotatable bonds is 14. The first-order valence-electron chi connectivity index (χ1n) is 9.04. The summed E-state index contributed by atoms with van der Waals surface area (Å²) in [6.45, 7) is 4.88. The van der Waals surface area contributed by atoms with E-state index in [2.05, 4.69) is 13.8 Å². The molecule has 9 heteroatoms. The fourth-order valence-corrected chi connectivity index (χ4v) is 1.63. The molecule has 8 nitrogen and oxygen atoms in total. The zero-order valence-electron chi connectivity index (χ0n) is 16.5. The molecule has 0 rings (SSSR count). The minimum absolute atomic E-state index is 0. The third-order valence-corrected chi connectivity index (χ3v) is 3.09. The summed E-state index contributed by atoms with van der Waals surface area (Å²) in [6.07, 6.45) is 5.16. The maximum absolute atomic E-state index is 10.8. The van der Waals surface area contributed by atoms with Crippen LogP contribution in [0, 0.1) is 0 Å². The van der Waals surface area contributed by atoms with Crippen LogP contribution in [0.25, 0.3) is 0 Å². The maximum atomic E-state index is 10.8. The molecule has 0 aromatic carbocycles. The molecule has 0 aromatic rings. The van der Waals surface area contributed by atoms with Gasteiger partial charge in [0.25, 0.3) is 0 Å². The molecule has 0 aliphatic rings. The van der Waals surface area contributed by atoms with Gasteiger partial charge in [-0.1, -0.05) is 39.5 Å². The monoisotopic (exact) mass is 398 g/mol. The number of unbranched alkanes of at least 4 members (excludes halogenated alkanes) is 4. The van der Waals surface area contributed by atoms with E-state index in [0.29, 0.717) is 13.2 Å². The Kier molecular flexibility index (Phi) is 25.5. The second kappa shape index (κ2) is 22.7. The number of carbonyl (C=O) groups is 4. The molecule has 0 fully saturated rings. The molecule has 0 aliphatic heterocycles. The summed E-state index contributed by atoms with van der Waals surface area (Å²) >= 11 is 0. The van der Waals surface area contributed by atoms with Crippen LogP contribution in [0.4, 0.5) is 0 Å². The van der Waals surface area contributed by atoms with E-state index in [4.69, 9.17) is 9.47 Å². The van der Waals surface area contributed by atoms with E-state index in [9.17, 15) is 29.4 Å². The molecule has 27 heavy (non-hydrogen) atoms. The quantitative estimate of drug-likeness (QED) is 0.229. The number of carboxylic acids is 2. The first-order chi connectivity index (χ1) is 12.3. The molecule has 0 aliphatic carbocycles. The summed E-state index contributed by atoms with van der Waals surface area (Å²) in [6, 6.07) is 0. The number of carbonyl (C=O) groups excluding carboxylic acids is 4. The molecule has 0 saturated heterocycles. The second-order valence-electron chi connectivity index (χ2n) is 5.60. The van der Waals surface area contributed by atoms with Crippen molar-refractivity contribution in [2.45, 2.75) is 78.1 Å². The van der Waals surface area contributed by atoms with Crippen molar-refractivity contribution >= 4 is 46.9 Å². The van der Waals surface area contributed by atoms with Crippen molar-refractivity contribution in [1.29, 1.82) is 0 Å². The molecule has 0 bridgehead atoms. The summed E-state index contributed by atoms with van der Waals surface area (Å²) in [5, 5.41) is 19.9. The molecule has 0 aromatic heterocycles. The number of hydrogen-bond donors (Lipinski definition) is 0. The van der Waals surface area contributed by atoms with Crippen molar-refractivity contribution < 1.29 is 38.9 Å². The van der Waals surface area contributed by atoms with Crippen LogP contribution in [0.5, 0.6) is 0 Å². The van der Waals surface area contributed by atoms with Crippen molar-refractivity contribution in [3.63, 3.8) is 0 Å². The molecule has 152 valence electrons. The molecule has 0 N–H and O–H groups in total. The van der Waals surface area contributed by atoms with Crippen LogP contribution in [0.2, 0.25) is 0 Å². The Labute approximate surface area is 177 Å². The smallest absolute Gasteiger partial charge is 0.550 e. The van der Waals surface area contributed by atoms with Crippen molar-refractivity contribution in [3.8, 4) is 0 Å². The predicted molar refractivity (Wildman–Crippen MR) is 95.2 cm³/mol. The summed E-state index contributed by atoms with van der Waals surface area (Å²) in [5.41, 5.74) is 0. The SMILES string of the molecule is CCCCCOC(=O)CCC(=O)[O-].CCCCCOC(=O)CCC(=O)[O-].[Mg+2]. The number of carboxylic acid groups (broad SMARTS) is 2. The Balaban J connectivity index is -0.000000411. The molecule has 0 atom stereocenters. The van der Waals surface area contributed by atoms with Gasteiger partial charge in [-0.05, 0) is 25.7 Å². The standard InChI is InChI=1S/2C9H16O4.Mg/c2*1-2-3-4-7-13-9(12)6-5-8(10)11;/h2*2-7H2,1H3,(H,10,11);/q;;+2/p-2. The largest absolute Gasteiger partial charge is 2.00 e. The number of hydrogen-bond acceptors (Lipinski definition) is 8. The van der Waals surface area contributed by atoms with Gasteiger partial charge in [-0.15, -0.1) is 0 Å². The van der Waals surface area contributed by atoms with Gasteiger partial charge >= 0.3 is 35.0 Å². The molecular formula is C18H30MgO8. The van der Waals surface area contributed by atoms with Crippen LogP contribution in [0.1, 0.15) is 78.1 Å². The summed E-state index contributed by atoms with van der Waals surface area (Å²) < 4.78 is 9.53. The van der Waals surface area contributed by atoms with Crippen LogP contribution in [-0.2, 0) is 28.7 Å². The maximum Gasteiger partial charge on any atom is 2.00 e. The zero-order chi connectivity index (χ0) is 20.2. The zero-order valence-corrected chi connectivity index (χ0v) is 17.9. The van der Waals surface area contributed by atoms with Gasteiger partial charge in [-0.2, -0.15) is 0 Å². The molecular weight excluding hydrogens is 368 g/mol. The van der Waals surface area contributed by atoms with Gasteiger partial charge < -0.3 is 29.3 Å². The number of ether oxygens (including phenoxy) is 2. The van der Waals surface area contributed by atoms with Gasteiger partial charge in [-0.25, -0.2) is 0 Å². The van der Waals surface area contributed by atoms with Gasteiger partial charge in [-0.3, -0.25) is 9.59 Å². The van der Waals surface area contributed by atoms with Crippen LogP contribution >= 0.6 is 0 Å². The van der Waals surface area contributed by atoms with Crippen molar-refractivity contribution in [2.75, 3.05) is 13.2 Å². The molecule has 0 saturated carbocycles. The average Bonchev–Trinajstić information content (AvgIpc) is 2.59.